The lowest BCUT2D eigenvalue weighted by Crippen LogP contribution is -2.33. The van der Waals surface area contributed by atoms with Crippen LogP contribution in [0.5, 0.6) is 0 Å². The van der Waals surface area contributed by atoms with Crippen LogP contribution >= 0.6 is 0 Å². The van der Waals surface area contributed by atoms with Gasteiger partial charge in [-0.25, -0.2) is 53.0 Å². The fourth-order valence-corrected chi connectivity index (χ4v) is 13.3. The highest BCUT2D eigenvalue weighted by molar-refractivity contribution is 7.90. The molecule has 0 atom stereocenters. The first-order valence-corrected chi connectivity index (χ1v) is 32.6. The number of ether oxygens (including phenoxy) is 2. The van der Waals surface area contributed by atoms with Gasteiger partial charge >= 0.3 is 5.97 Å². The molecule has 0 unspecified atom stereocenters. The first kappa shape index (κ1) is 66.8. The number of sulfonamides is 4. The van der Waals surface area contributed by atoms with E-state index in [1.165, 1.54) is 58.2 Å². The Kier molecular flexibility index (Phi) is 24.8. The molecule has 8 N–H and O–H groups in total. The summed E-state index contributed by atoms with van der Waals surface area (Å²) in [5.41, 5.74) is 8.05. The number of nitrogens with two attached hydrogens (primary N) is 1. The lowest BCUT2D eigenvalue weighted by molar-refractivity contribution is -0.136. The fourth-order valence-electron chi connectivity index (χ4n) is 9.76. The maximum absolute atomic E-state index is 13.1. The van der Waals surface area contributed by atoms with Crippen LogP contribution < -0.4 is 19.3 Å². The molecule has 0 aliphatic heterocycles. The minimum absolute atomic E-state index is 0.0659. The normalized spacial score (nSPS) is 14.6. The second kappa shape index (κ2) is 29.4. The largest absolute Gasteiger partial charge is 0.481 e. The fraction of sp³-hybridized carbons (Fsp3) is 0.536. The summed E-state index contributed by atoms with van der Waals surface area (Å²) in [6.07, 6.45) is 10.1. The van der Waals surface area contributed by atoms with Gasteiger partial charge in [0.15, 0.2) is 0 Å². The molecule has 0 radical (unpaired) electrons. The number of rotatable bonds is 23. The van der Waals surface area contributed by atoms with Crippen molar-refractivity contribution < 1.29 is 68.1 Å². The van der Waals surface area contributed by atoms with Crippen LogP contribution in [0.3, 0.4) is 0 Å². The Morgan fingerprint density at radius 3 is 1.20 bits per heavy atom. The molecule has 0 saturated heterocycles. The summed E-state index contributed by atoms with van der Waals surface area (Å²) in [6.45, 7) is 16.4. The third kappa shape index (κ3) is 19.0. The highest BCUT2D eigenvalue weighted by atomic mass is 32.2. The molecule has 1 amide bonds. The molecule has 440 valence electrons. The summed E-state index contributed by atoms with van der Waals surface area (Å²) in [6, 6.07) is 14.9. The SMILES string of the molecule is CC(C)c1cc(COC2CCCC2)cc(C(C)C)c1CC(=O)O.CNS(=O)(=O)c1ccc(S(=O)(=O)NC(=O)Cc2c(C(C)C)cc(COC3CCCC3)cc2C(C)C)c(CO)c1.CNS(=O)(=O)c1ccc(S(N)(=O)=O)c(CO)c1. The molecule has 6 rings (SSSR count). The summed E-state index contributed by atoms with van der Waals surface area (Å²) in [4.78, 5) is 23.4. The molecular weight excluding hydrogens is 1100 g/mol. The van der Waals surface area contributed by atoms with Crippen LogP contribution in [0.15, 0.2) is 80.2 Å². The number of benzene rings is 4. The molecule has 2 saturated carbocycles. The van der Waals surface area contributed by atoms with Crippen molar-refractivity contribution in [3.63, 3.8) is 0 Å². The van der Waals surface area contributed by atoms with Crippen LogP contribution in [0.4, 0.5) is 0 Å². The standard InChI is InChI=1S/C28H40N2O7S2.C20H30O3.C8H12N2O5S2/c1-18(2)24-12-20(17-37-22-8-6-7-9-22)13-25(19(3)4)26(24)15-28(32)30-39(35,36)27-11-10-23(14-21(27)16-31)38(33,34)29-5;1-13(2)17-9-15(12-23-16-7-5-6-8-16)10-18(14(3)4)19(17)11-20(21)22;1-10-17(14,15)7-2-3-8(16(9,12)13)6(4-7)5-11/h10-14,18-19,22,29,31H,6-9,15-17H2,1-5H3,(H,30,32);9-10,13-14,16H,5-8,11-12H2,1-4H3,(H,21,22);2-4,10-11H,5H2,1H3,(H2,9,12,13). The number of aliphatic carboxylic acids is 1. The highest BCUT2D eigenvalue weighted by Crippen LogP contribution is 2.34. The maximum atomic E-state index is 13.1. The summed E-state index contributed by atoms with van der Waals surface area (Å²) < 4.78 is 114. The van der Waals surface area contributed by atoms with Crippen molar-refractivity contribution in [2.45, 2.75) is 201 Å². The topological polar surface area (TPSA) is 312 Å². The van der Waals surface area contributed by atoms with E-state index in [1.54, 1.807) is 0 Å². The van der Waals surface area contributed by atoms with E-state index in [0.29, 0.717) is 31.2 Å². The summed E-state index contributed by atoms with van der Waals surface area (Å²) >= 11 is 0. The molecule has 2 aliphatic rings. The van der Waals surface area contributed by atoms with E-state index >= 15 is 0 Å². The molecular formula is C56H82N4O15S4. The Bertz CT molecular complexity index is 3150. The lowest BCUT2D eigenvalue weighted by atomic mass is 9.85. The van der Waals surface area contributed by atoms with E-state index < -0.39 is 65.2 Å². The molecule has 79 heavy (non-hydrogen) atoms. The number of carboxylic acids is 1. The minimum Gasteiger partial charge on any atom is -0.481 e. The number of nitrogens with one attached hydrogen (secondary N) is 3. The zero-order valence-electron chi connectivity index (χ0n) is 47.1. The van der Waals surface area contributed by atoms with Gasteiger partial charge in [-0.2, -0.15) is 0 Å². The van der Waals surface area contributed by atoms with Crippen LogP contribution in [0.25, 0.3) is 0 Å². The Hall–Kier alpha value is -4.66. The number of hydrogen-bond acceptors (Lipinski definition) is 14. The number of aliphatic hydroxyl groups excluding tert-OH is 2. The Balaban J connectivity index is 0.000000283. The molecule has 2 aliphatic carbocycles. The van der Waals surface area contributed by atoms with E-state index in [4.69, 9.17) is 19.7 Å². The smallest absolute Gasteiger partial charge is 0.307 e. The van der Waals surface area contributed by atoms with E-state index in [1.807, 2.05) is 39.8 Å². The zero-order chi connectivity index (χ0) is 59.2. The van der Waals surface area contributed by atoms with Gasteiger partial charge in [0.25, 0.3) is 10.0 Å². The number of amides is 1. The van der Waals surface area contributed by atoms with Gasteiger partial charge in [0.2, 0.25) is 36.0 Å². The Morgan fingerprint density at radius 1 is 0.544 bits per heavy atom. The van der Waals surface area contributed by atoms with Crippen molar-refractivity contribution in [2.75, 3.05) is 14.1 Å². The Labute approximate surface area is 468 Å². The molecule has 4 aromatic carbocycles. The number of carbonyl (C=O) groups excluding carboxylic acids is 1. The molecule has 19 nitrogen and oxygen atoms in total. The average molecular weight is 1180 g/mol. The maximum Gasteiger partial charge on any atom is 0.307 e. The highest BCUT2D eigenvalue weighted by Gasteiger charge is 2.27. The first-order valence-electron chi connectivity index (χ1n) is 26.6. The second-order valence-electron chi connectivity index (χ2n) is 21.2. The van der Waals surface area contributed by atoms with Crippen molar-refractivity contribution in [1.82, 2.24) is 14.2 Å². The van der Waals surface area contributed by atoms with E-state index in [9.17, 15) is 53.5 Å². The first-order chi connectivity index (χ1) is 36.9. The van der Waals surface area contributed by atoms with Crippen LogP contribution in [-0.2, 0) is 98.4 Å². The van der Waals surface area contributed by atoms with Gasteiger partial charge in [0.1, 0.15) is 0 Å². The lowest BCUT2D eigenvalue weighted by Gasteiger charge is -2.22. The van der Waals surface area contributed by atoms with Crippen LogP contribution in [-0.4, -0.2) is 87.2 Å². The third-order valence-corrected chi connectivity index (χ3v) is 19.2. The third-order valence-electron chi connectivity index (χ3n) is 13.9. The quantitative estimate of drug-likeness (QED) is 0.0376. The van der Waals surface area contributed by atoms with Crippen LogP contribution in [0, 0.1) is 0 Å². The average Bonchev–Trinajstić information content (AvgIpc) is 4.13. The summed E-state index contributed by atoms with van der Waals surface area (Å²) in [7, 11) is -13.5. The second-order valence-corrected chi connectivity index (χ2v) is 28.1. The van der Waals surface area contributed by atoms with Crippen molar-refractivity contribution >= 4 is 52.0 Å². The number of hydrogen-bond donors (Lipinski definition) is 7. The molecule has 4 aromatic rings. The number of carbonyl (C=O) groups is 2. The zero-order valence-corrected chi connectivity index (χ0v) is 50.4. The molecule has 0 heterocycles. The van der Waals surface area contributed by atoms with Gasteiger partial charge in [-0.3, -0.25) is 9.59 Å². The van der Waals surface area contributed by atoms with Gasteiger partial charge in [-0.15, -0.1) is 0 Å². The molecule has 0 bridgehead atoms. The summed E-state index contributed by atoms with van der Waals surface area (Å²) in [5, 5.41) is 32.9. The van der Waals surface area contributed by atoms with Gasteiger partial charge in [-0.05, 0) is 155 Å². The van der Waals surface area contributed by atoms with Crippen molar-refractivity contribution in [1.29, 1.82) is 0 Å². The number of carboxylic acid groups (broad SMARTS) is 1. The molecule has 0 spiro atoms. The van der Waals surface area contributed by atoms with Crippen LogP contribution in [0.1, 0.15) is 186 Å². The van der Waals surface area contributed by atoms with Crippen molar-refractivity contribution in [2.24, 2.45) is 5.14 Å². The van der Waals surface area contributed by atoms with E-state index in [0.717, 1.165) is 88.2 Å². The van der Waals surface area contributed by atoms with Gasteiger partial charge in [-0.1, -0.05) is 105 Å². The van der Waals surface area contributed by atoms with E-state index in [-0.39, 0.29) is 61.5 Å². The molecule has 23 heteroatoms. The molecule has 2 fully saturated rings. The summed E-state index contributed by atoms with van der Waals surface area (Å²) in [5.74, 6) is -0.665. The predicted octanol–water partition coefficient (Wildman–Crippen LogP) is 7.59. The van der Waals surface area contributed by atoms with E-state index in [2.05, 4.69) is 54.0 Å². The van der Waals surface area contributed by atoms with Crippen LogP contribution in [0.2, 0.25) is 0 Å². The van der Waals surface area contributed by atoms with Crippen molar-refractivity contribution in [3.8, 4) is 0 Å². The number of aliphatic hydroxyl groups is 2. The monoisotopic (exact) mass is 1180 g/mol. The van der Waals surface area contributed by atoms with Gasteiger partial charge in [0, 0.05) is 0 Å². The van der Waals surface area contributed by atoms with Gasteiger partial charge in [0.05, 0.1) is 71.1 Å². The predicted molar refractivity (Wildman–Crippen MR) is 302 cm³/mol. The molecule has 0 aromatic heterocycles. The Morgan fingerprint density at radius 2 is 0.886 bits per heavy atom. The number of primary sulfonamides is 1. The van der Waals surface area contributed by atoms with Gasteiger partial charge < -0.3 is 24.8 Å². The van der Waals surface area contributed by atoms with Crippen molar-refractivity contribution in [3.05, 3.63) is 116 Å². The minimum atomic E-state index is -4.38.